The van der Waals surface area contributed by atoms with Gasteiger partial charge in [0, 0.05) is 0 Å². The van der Waals surface area contributed by atoms with Crippen LogP contribution < -0.4 is 4.74 Å². The van der Waals surface area contributed by atoms with Crippen LogP contribution in [-0.4, -0.2) is 33.0 Å². The molecule has 17 heavy (non-hydrogen) atoms. The number of methoxy groups -OCH3 is 1. The molecule has 2 rings (SSSR count). The maximum Gasteiger partial charge on any atom is 0.375 e. The number of aromatic nitrogens is 3. The van der Waals surface area contributed by atoms with Gasteiger partial charge in [-0.3, -0.25) is 0 Å². The van der Waals surface area contributed by atoms with E-state index in [1.54, 1.807) is 7.11 Å². The number of rotatable bonds is 4. The van der Waals surface area contributed by atoms with Gasteiger partial charge in [-0.1, -0.05) is 12.1 Å². The summed E-state index contributed by atoms with van der Waals surface area (Å²) in [6.45, 7) is 0.456. The molecule has 0 spiro atoms. The molecule has 0 atom stereocenters. The fourth-order valence-corrected chi connectivity index (χ4v) is 1.43. The van der Waals surface area contributed by atoms with Crippen LogP contribution in [0, 0.1) is 0 Å². The fraction of sp³-hybridized carbons (Fsp3) is 0.182. The van der Waals surface area contributed by atoms with Crippen LogP contribution in [-0.2, 0) is 6.54 Å². The Hall–Kier alpha value is -2.37. The van der Waals surface area contributed by atoms with Crippen molar-refractivity contribution in [3.63, 3.8) is 0 Å². The van der Waals surface area contributed by atoms with Crippen molar-refractivity contribution in [2.75, 3.05) is 7.11 Å². The predicted octanol–water partition coefficient (Wildman–Crippen LogP) is 1.03. The van der Waals surface area contributed by atoms with Crippen molar-refractivity contribution < 1.29 is 14.6 Å². The Morgan fingerprint density at radius 1 is 1.53 bits per heavy atom. The quantitative estimate of drug-likeness (QED) is 0.853. The van der Waals surface area contributed by atoms with Gasteiger partial charge in [-0.2, -0.15) is 0 Å². The molecule has 1 heterocycles. The molecule has 2 aromatic rings. The molecule has 0 aliphatic rings. The summed E-state index contributed by atoms with van der Waals surface area (Å²) in [4.78, 5) is 14.3. The summed E-state index contributed by atoms with van der Waals surface area (Å²) < 4.78 is 6.57. The van der Waals surface area contributed by atoms with Crippen molar-refractivity contribution in [2.24, 2.45) is 0 Å². The van der Waals surface area contributed by atoms with Gasteiger partial charge >= 0.3 is 5.97 Å². The lowest BCUT2D eigenvalue weighted by molar-refractivity contribution is 0.0683. The lowest BCUT2D eigenvalue weighted by atomic mass is 10.2. The van der Waals surface area contributed by atoms with E-state index in [2.05, 4.69) is 10.1 Å². The molecule has 0 bridgehead atoms. The standard InChI is InChI=1S/C11H11N3O3/c1-17-9-4-2-3-8(5-9)6-14-7-12-10(13-14)11(15)16/h2-5,7H,6H2,1H3,(H,15,16). The molecule has 0 fully saturated rings. The van der Waals surface area contributed by atoms with Crippen molar-refractivity contribution in [1.82, 2.24) is 14.8 Å². The van der Waals surface area contributed by atoms with E-state index < -0.39 is 5.97 Å². The van der Waals surface area contributed by atoms with Crippen molar-refractivity contribution in [3.8, 4) is 5.75 Å². The van der Waals surface area contributed by atoms with Crippen molar-refractivity contribution in [2.45, 2.75) is 6.54 Å². The lowest BCUT2D eigenvalue weighted by Gasteiger charge is -2.03. The van der Waals surface area contributed by atoms with Gasteiger partial charge in [0.05, 0.1) is 13.7 Å². The van der Waals surface area contributed by atoms with Crippen LogP contribution in [0.1, 0.15) is 16.2 Å². The minimum atomic E-state index is -1.13. The highest BCUT2D eigenvalue weighted by Crippen LogP contribution is 2.13. The molecule has 0 amide bonds. The smallest absolute Gasteiger partial charge is 0.375 e. The van der Waals surface area contributed by atoms with Gasteiger partial charge in [-0.25, -0.2) is 14.5 Å². The third-order valence-electron chi connectivity index (χ3n) is 2.21. The second-order valence-electron chi connectivity index (χ2n) is 3.42. The molecule has 0 radical (unpaired) electrons. The number of carbonyl (C=O) groups is 1. The molecule has 0 saturated carbocycles. The first-order valence-electron chi connectivity index (χ1n) is 4.94. The number of aromatic carboxylic acids is 1. The van der Waals surface area contributed by atoms with Gasteiger partial charge in [0.2, 0.25) is 0 Å². The molecular formula is C11H11N3O3. The van der Waals surface area contributed by atoms with Crippen LogP contribution in [0.4, 0.5) is 0 Å². The van der Waals surface area contributed by atoms with Crippen LogP contribution in [0.3, 0.4) is 0 Å². The molecule has 1 N–H and O–H groups in total. The Morgan fingerprint density at radius 2 is 2.35 bits per heavy atom. The number of carboxylic acid groups (broad SMARTS) is 1. The van der Waals surface area contributed by atoms with Crippen molar-refractivity contribution >= 4 is 5.97 Å². The summed E-state index contributed by atoms with van der Waals surface area (Å²) in [7, 11) is 1.59. The zero-order chi connectivity index (χ0) is 12.3. The SMILES string of the molecule is COc1cccc(Cn2cnc(C(=O)O)n2)c1. The van der Waals surface area contributed by atoms with Gasteiger partial charge in [-0.05, 0) is 17.7 Å². The third kappa shape index (κ3) is 2.60. The van der Waals surface area contributed by atoms with E-state index in [0.717, 1.165) is 11.3 Å². The van der Waals surface area contributed by atoms with E-state index in [1.807, 2.05) is 24.3 Å². The van der Waals surface area contributed by atoms with Crippen LogP contribution in [0.2, 0.25) is 0 Å². The predicted molar refractivity (Wildman–Crippen MR) is 59.1 cm³/mol. The van der Waals surface area contributed by atoms with Gasteiger partial charge < -0.3 is 9.84 Å². The first-order valence-corrected chi connectivity index (χ1v) is 4.94. The Balaban J connectivity index is 2.16. The monoisotopic (exact) mass is 233 g/mol. The molecule has 88 valence electrons. The number of ether oxygens (including phenoxy) is 1. The Bertz CT molecular complexity index is 536. The van der Waals surface area contributed by atoms with E-state index in [9.17, 15) is 4.79 Å². The van der Waals surface area contributed by atoms with Gasteiger partial charge in [0.15, 0.2) is 0 Å². The summed E-state index contributed by atoms with van der Waals surface area (Å²) >= 11 is 0. The number of hydrogen-bond donors (Lipinski definition) is 1. The average molecular weight is 233 g/mol. The molecule has 0 saturated heterocycles. The third-order valence-corrected chi connectivity index (χ3v) is 2.21. The van der Waals surface area contributed by atoms with Crippen molar-refractivity contribution in [1.29, 1.82) is 0 Å². The highest BCUT2D eigenvalue weighted by Gasteiger charge is 2.08. The van der Waals surface area contributed by atoms with Crippen LogP contribution >= 0.6 is 0 Å². The molecular weight excluding hydrogens is 222 g/mol. The summed E-state index contributed by atoms with van der Waals surface area (Å²) in [5, 5.41) is 12.5. The van der Waals surface area contributed by atoms with Gasteiger partial charge in [-0.15, -0.1) is 5.10 Å². The zero-order valence-electron chi connectivity index (χ0n) is 9.20. The van der Waals surface area contributed by atoms with Gasteiger partial charge in [0.25, 0.3) is 5.82 Å². The molecule has 0 aliphatic carbocycles. The minimum Gasteiger partial charge on any atom is -0.497 e. The van der Waals surface area contributed by atoms with E-state index in [-0.39, 0.29) is 5.82 Å². The summed E-state index contributed by atoms with van der Waals surface area (Å²) in [5.41, 5.74) is 0.964. The first-order chi connectivity index (χ1) is 8.19. The number of nitrogens with zero attached hydrogens (tertiary/aromatic N) is 3. The maximum absolute atomic E-state index is 10.6. The fourth-order valence-electron chi connectivity index (χ4n) is 1.43. The lowest BCUT2D eigenvalue weighted by Crippen LogP contribution is -2.04. The van der Waals surface area contributed by atoms with Crippen LogP contribution in [0.5, 0.6) is 5.75 Å². The number of hydrogen-bond acceptors (Lipinski definition) is 4. The second-order valence-corrected chi connectivity index (χ2v) is 3.42. The minimum absolute atomic E-state index is 0.201. The summed E-state index contributed by atoms with van der Waals surface area (Å²) in [5.74, 6) is -0.580. The van der Waals surface area contributed by atoms with Crippen LogP contribution in [0.25, 0.3) is 0 Å². The zero-order valence-corrected chi connectivity index (χ0v) is 9.20. The number of benzene rings is 1. The Kier molecular flexibility index (Phi) is 3.04. The highest BCUT2D eigenvalue weighted by molar-refractivity contribution is 5.82. The van der Waals surface area contributed by atoms with E-state index in [0.29, 0.717) is 6.54 Å². The molecule has 6 heteroatoms. The molecule has 1 aromatic heterocycles. The molecule has 6 nitrogen and oxygen atoms in total. The maximum atomic E-state index is 10.6. The van der Waals surface area contributed by atoms with Gasteiger partial charge in [0.1, 0.15) is 12.1 Å². The average Bonchev–Trinajstić information content (AvgIpc) is 2.78. The second kappa shape index (κ2) is 4.65. The largest absolute Gasteiger partial charge is 0.497 e. The summed E-state index contributed by atoms with van der Waals surface area (Å²) in [6, 6.07) is 7.48. The molecule has 0 unspecified atom stereocenters. The van der Waals surface area contributed by atoms with E-state index in [1.165, 1.54) is 11.0 Å². The normalized spacial score (nSPS) is 10.2. The summed E-state index contributed by atoms with van der Waals surface area (Å²) in [6.07, 6.45) is 1.39. The highest BCUT2D eigenvalue weighted by atomic mass is 16.5. The van der Waals surface area contributed by atoms with Crippen molar-refractivity contribution in [3.05, 3.63) is 42.0 Å². The van der Waals surface area contributed by atoms with Crippen LogP contribution in [0.15, 0.2) is 30.6 Å². The van der Waals surface area contributed by atoms with E-state index in [4.69, 9.17) is 9.84 Å². The first kappa shape index (κ1) is 11.1. The molecule has 0 aliphatic heterocycles. The number of carboxylic acids is 1. The Morgan fingerprint density at radius 3 is 3.00 bits per heavy atom. The Labute approximate surface area is 97.5 Å². The van der Waals surface area contributed by atoms with E-state index >= 15 is 0 Å². The topological polar surface area (TPSA) is 77.2 Å². The molecule has 1 aromatic carbocycles.